The maximum absolute atomic E-state index is 12.5. The van der Waals surface area contributed by atoms with E-state index in [0.717, 1.165) is 36.3 Å². The van der Waals surface area contributed by atoms with Crippen LogP contribution in [0.3, 0.4) is 0 Å². The van der Waals surface area contributed by atoms with Gasteiger partial charge in [0.05, 0.1) is 12.8 Å². The average Bonchev–Trinajstić information content (AvgIpc) is 2.55. The highest BCUT2D eigenvalue weighted by Crippen LogP contribution is 2.24. The number of amides is 1. The largest absolute Gasteiger partial charge is 0.492 e. The third kappa shape index (κ3) is 3.11. The molecule has 1 aliphatic rings. The van der Waals surface area contributed by atoms with Gasteiger partial charge < -0.3 is 9.64 Å². The van der Waals surface area contributed by atoms with Crippen molar-refractivity contribution in [1.82, 2.24) is 9.88 Å². The fraction of sp³-hybridized carbons (Fsp3) is 0.333. The van der Waals surface area contributed by atoms with Crippen molar-refractivity contribution in [3.8, 4) is 5.75 Å². The van der Waals surface area contributed by atoms with Gasteiger partial charge >= 0.3 is 0 Å². The summed E-state index contributed by atoms with van der Waals surface area (Å²) in [6.07, 6.45) is 3.60. The molecule has 1 aromatic carbocycles. The van der Waals surface area contributed by atoms with Crippen molar-refractivity contribution in [2.45, 2.75) is 26.3 Å². The van der Waals surface area contributed by atoms with Gasteiger partial charge in [0.25, 0.3) is 5.91 Å². The molecule has 2 heterocycles. The van der Waals surface area contributed by atoms with E-state index in [2.05, 4.69) is 24.0 Å². The first-order valence-corrected chi connectivity index (χ1v) is 7.56. The first-order chi connectivity index (χ1) is 10.6. The van der Waals surface area contributed by atoms with Crippen molar-refractivity contribution < 1.29 is 9.53 Å². The van der Waals surface area contributed by atoms with Crippen LogP contribution in [-0.4, -0.2) is 29.4 Å². The molecule has 3 rings (SSSR count). The summed E-state index contributed by atoms with van der Waals surface area (Å²) in [4.78, 5) is 18.5. The van der Waals surface area contributed by atoms with Gasteiger partial charge in [-0.1, -0.05) is 29.8 Å². The molecule has 1 aromatic heterocycles. The van der Waals surface area contributed by atoms with Gasteiger partial charge in [-0.15, -0.1) is 0 Å². The Balaban J connectivity index is 1.73. The van der Waals surface area contributed by atoms with Crippen LogP contribution in [0.4, 0.5) is 0 Å². The smallest absolute Gasteiger partial charge is 0.272 e. The number of fused-ring (bicyclic) bond motifs is 1. The number of hydrogen-bond donors (Lipinski definition) is 0. The van der Waals surface area contributed by atoms with Crippen molar-refractivity contribution in [2.24, 2.45) is 0 Å². The zero-order valence-electron chi connectivity index (χ0n) is 13.0. The van der Waals surface area contributed by atoms with E-state index in [0.29, 0.717) is 12.2 Å². The fourth-order valence-corrected chi connectivity index (χ4v) is 2.61. The molecule has 2 aromatic rings. The van der Waals surface area contributed by atoms with Gasteiger partial charge in [-0.3, -0.25) is 4.79 Å². The van der Waals surface area contributed by atoms with E-state index in [9.17, 15) is 4.79 Å². The predicted octanol–water partition coefficient (Wildman–Crippen LogP) is 2.99. The molecule has 22 heavy (non-hydrogen) atoms. The minimum Gasteiger partial charge on any atom is -0.492 e. The highest BCUT2D eigenvalue weighted by Gasteiger charge is 2.18. The lowest BCUT2D eigenvalue weighted by molar-refractivity contribution is 0.0779. The molecule has 0 N–H and O–H groups in total. The normalized spacial score (nSPS) is 13.2. The molecule has 0 saturated heterocycles. The van der Waals surface area contributed by atoms with Crippen molar-refractivity contribution in [2.75, 3.05) is 13.7 Å². The Kier molecular flexibility index (Phi) is 4.09. The number of pyridine rings is 1. The van der Waals surface area contributed by atoms with Crippen LogP contribution in [0.2, 0.25) is 0 Å². The lowest BCUT2D eigenvalue weighted by Gasteiger charge is -2.20. The van der Waals surface area contributed by atoms with Gasteiger partial charge in [0.15, 0.2) is 0 Å². The Hall–Kier alpha value is -2.36. The number of carbonyl (C=O) groups is 1. The standard InChI is InChI=1S/C18H20N2O2/c1-13-5-7-14(8-6-13)12-20(2)18(21)16-10-15-4-3-9-22-17(15)11-19-16/h5-8,10-11H,3-4,9,12H2,1-2H3. The molecule has 1 amide bonds. The van der Waals surface area contributed by atoms with E-state index >= 15 is 0 Å². The van der Waals surface area contributed by atoms with E-state index in [-0.39, 0.29) is 5.91 Å². The van der Waals surface area contributed by atoms with Crippen molar-refractivity contribution in [1.29, 1.82) is 0 Å². The van der Waals surface area contributed by atoms with Gasteiger partial charge in [0, 0.05) is 13.6 Å². The van der Waals surface area contributed by atoms with Crippen LogP contribution >= 0.6 is 0 Å². The Morgan fingerprint density at radius 3 is 2.86 bits per heavy atom. The van der Waals surface area contributed by atoms with Crippen LogP contribution in [0.15, 0.2) is 36.5 Å². The molecule has 114 valence electrons. The van der Waals surface area contributed by atoms with Crippen LogP contribution in [0.5, 0.6) is 5.75 Å². The number of benzene rings is 1. The molecule has 0 fully saturated rings. The minimum atomic E-state index is -0.0612. The molecule has 0 unspecified atom stereocenters. The van der Waals surface area contributed by atoms with Crippen LogP contribution in [-0.2, 0) is 13.0 Å². The maximum atomic E-state index is 12.5. The fourth-order valence-electron chi connectivity index (χ4n) is 2.61. The zero-order chi connectivity index (χ0) is 15.5. The van der Waals surface area contributed by atoms with Crippen LogP contribution in [0, 0.1) is 6.92 Å². The number of nitrogens with zero attached hydrogens (tertiary/aromatic N) is 2. The lowest BCUT2D eigenvalue weighted by Crippen LogP contribution is -2.27. The summed E-state index contributed by atoms with van der Waals surface area (Å²) in [5.74, 6) is 0.748. The molecule has 0 aliphatic carbocycles. The molecule has 0 saturated carbocycles. The Morgan fingerprint density at radius 1 is 1.32 bits per heavy atom. The quantitative estimate of drug-likeness (QED) is 0.874. The number of ether oxygens (including phenoxy) is 1. The predicted molar refractivity (Wildman–Crippen MR) is 85.0 cm³/mol. The van der Waals surface area contributed by atoms with Gasteiger partial charge in [0.1, 0.15) is 11.4 Å². The van der Waals surface area contributed by atoms with E-state index in [1.807, 2.05) is 18.2 Å². The van der Waals surface area contributed by atoms with Crippen LogP contribution < -0.4 is 4.74 Å². The third-order valence-electron chi connectivity index (χ3n) is 3.90. The number of hydrogen-bond acceptors (Lipinski definition) is 3. The molecule has 4 heteroatoms. The SMILES string of the molecule is Cc1ccc(CN(C)C(=O)c2cc3c(cn2)OCCC3)cc1. The maximum Gasteiger partial charge on any atom is 0.272 e. The molecule has 0 bridgehead atoms. The topological polar surface area (TPSA) is 42.4 Å². The Morgan fingerprint density at radius 2 is 2.09 bits per heavy atom. The van der Waals surface area contributed by atoms with Gasteiger partial charge in [-0.05, 0) is 37.0 Å². The highest BCUT2D eigenvalue weighted by atomic mass is 16.5. The monoisotopic (exact) mass is 296 g/mol. The number of aromatic nitrogens is 1. The molecule has 0 atom stereocenters. The zero-order valence-corrected chi connectivity index (χ0v) is 13.0. The minimum absolute atomic E-state index is 0.0612. The summed E-state index contributed by atoms with van der Waals surface area (Å²) in [6, 6.07) is 10.1. The van der Waals surface area contributed by atoms with E-state index < -0.39 is 0 Å². The molecular formula is C18H20N2O2. The Labute approximate surface area is 130 Å². The summed E-state index contributed by atoms with van der Waals surface area (Å²) >= 11 is 0. The van der Waals surface area contributed by atoms with E-state index in [1.54, 1.807) is 18.1 Å². The number of aryl methyl sites for hydroxylation is 2. The van der Waals surface area contributed by atoms with E-state index in [1.165, 1.54) is 5.56 Å². The molecular weight excluding hydrogens is 276 g/mol. The summed E-state index contributed by atoms with van der Waals surface area (Å²) in [7, 11) is 1.81. The molecule has 4 nitrogen and oxygen atoms in total. The lowest BCUT2D eigenvalue weighted by atomic mass is 10.1. The highest BCUT2D eigenvalue weighted by molar-refractivity contribution is 5.92. The summed E-state index contributed by atoms with van der Waals surface area (Å²) < 4.78 is 5.54. The first kappa shape index (κ1) is 14.6. The van der Waals surface area contributed by atoms with E-state index in [4.69, 9.17) is 4.74 Å². The van der Waals surface area contributed by atoms with Gasteiger partial charge in [0.2, 0.25) is 0 Å². The first-order valence-electron chi connectivity index (χ1n) is 7.56. The summed E-state index contributed by atoms with van der Waals surface area (Å²) in [5, 5.41) is 0. The van der Waals surface area contributed by atoms with Crippen LogP contribution in [0.1, 0.15) is 33.6 Å². The third-order valence-corrected chi connectivity index (χ3v) is 3.90. The number of rotatable bonds is 3. The second kappa shape index (κ2) is 6.18. The molecule has 0 radical (unpaired) electrons. The second-order valence-electron chi connectivity index (χ2n) is 5.78. The van der Waals surface area contributed by atoms with Gasteiger partial charge in [-0.25, -0.2) is 4.98 Å². The van der Waals surface area contributed by atoms with Gasteiger partial charge in [-0.2, -0.15) is 0 Å². The summed E-state index contributed by atoms with van der Waals surface area (Å²) in [5.41, 5.74) is 3.89. The number of carbonyl (C=O) groups excluding carboxylic acids is 1. The second-order valence-corrected chi connectivity index (χ2v) is 5.78. The summed E-state index contributed by atoms with van der Waals surface area (Å²) in [6.45, 7) is 3.36. The Bertz CT molecular complexity index is 680. The van der Waals surface area contributed by atoms with Crippen molar-refractivity contribution in [3.63, 3.8) is 0 Å². The van der Waals surface area contributed by atoms with Crippen molar-refractivity contribution in [3.05, 3.63) is 58.9 Å². The van der Waals surface area contributed by atoms with Crippen molar-refractivity contribution >= 4 is 5.91 Å². The van der Waals surface area contributed by atoms with Crippen LogP contribution in [0.25, 0.3) is 0 Å². The average molecular weight is 296 g/mol. The molecule has 0 spiro atoms. The molecule has 1 aliphatic heterocycles.